The molecule has 0 atom stereocenters. The van der Waals surface area contributed by atoms with E-state index in [2.05, 4.69) is 0 Å². The average molecular weight is 293 g/mol. The Morgan fingerprint density at radius 2 is 2.14 bits per heavy atom. The molecule has 0 fully saturated rings. The molecule has 112 valence electrons. The summed E-state index contributed by atoms with van der Waals surface area (Å²) in [6.45, 7) is 2.25. The number of primary amides is 1. The van der Waals surface area contributed by atoms with Gasteiger partial charge in [0, 0.05) is 24.4 Å². The number of hydrogen-bond donors (Lipinski definition) is 2. The molecular weight excluding hydrogens is 278 g/mol. The molecular formula is C13H15N3O5. The Balaban J connectivity index is 3.25. The van der Waals surface area contributed by atoms with E-state index in [1.807, 2.05) is 0 Å². The summed E-state index contributed by atoms with van der Waals surface area (Å²) in [5, 5.41) is 19.6. The van der Waals surface area contributed by atoms with Crippen molar-refractivity contribution in [3.63, 3.8) is 0 Å². The molecule has 0 aliphatic carbocycles. The summed E-state index contributed by atoms with van der Waals surface area (Å²) in [7, 11) is 0. The Kier molecular flexibility index (Phi) is 5.41. The zero-order chi connectivity index (χ0) is 16.0. The number of nitro groups is 1. The first-order valence-electron chi connectivity index (χ1n) is 6.07. The van der Waals surface area contributed by atoms with E-state index in [4.69, 9.17) is 10.8 Å². The van der Waals surface area contributed by atoms with Crippen LogP contribution in [0.5, 0.6) is 0 Å². The van der Waals surface area contributed by atoms with E-state index in [9.17, 15) is 19.7 Å². The standard InChI is InChI=1S/C13H15N3O5/c1-2-15(8-12(14)17)10-4-5-11(16(20)21)9(7-10)3-6-13(18)19/h3-7H,2,8H2,1H3,(H2,14,17)(H,18,19)/b6-3+. The van der Waals surface area contributed by atoms with Crippen molar-refractivity contribution >= 4 is 29.3 Å². The highest BCUT2D eigenvalue weighted by atomic mass is 16.6. The van der Waals surface area contributed by atoms with Crippen molar-refractivity contribution < 1.29 is 19.6 Å². The van der Waals surface area contributed by atoms with E-state index in [1.54, 1.807) is 11.8 Å². The number of carboxylic acid groups (broad SMARTS) is 1. The molecule has 0 aliphatic heterocycles. The van der Waals surface area contributed by atoms with Crippen LogP contribution in [0.4, 0.5) is 11.4 Å². The quantitative estimate of drug-likeness (QED) is 0.438. The predicted molar refractivity (Wildman–Crippen MR) is 76.8 cm³/mol. The van der Waals surface area contributed by atoms with Gasteiger partial charge >= 0.3 is 5.97 Å². The Morgan fingerprint density at radius 1 is 1.48 bits per heavy atom. The van der Waals surface area contributed by atoms with Crippen molar-refractivity contribution in [1.29, 1.82) is 0 Å². The summed E-state index contributed by atoms with van der Waals surface area (Å²) in [6, 6.07) is 4.20. The fraction of sp³-hybridized carbons (Fsp3) is 0.231. The predicted octanol–water partition coefficient (Wildman–Crippen LogP) is 1.00. The van der Waals surface area contributed by atoms with Gasteiger partial charge < -0.3 is 15.7 Å². The van der Waals surface area contributed by atoms with E-state index < -0.39 is 16.8 Å². The van der Waals surface area contributed by atoms with Gasteiger partial charge in [0.2, 0.25) is 5.91 Å². The number of hydrogen-bond acceptors (Lipinski definition) is 5. The van der Waals surface area contributed by atoms with Crippen LogP contribution in [0.1, 0.15) is 12.5 Å². The third-order valence-electron chi connectivity index (χ3n) is 2.71. The van der Waals surface area contributed by atoms with Crippen molar-refractivity contribution in [2.24, 2.45) is 5.73 Å². The van der Waals surface area contributed by atoms with Crippen LogP contribution < -0.4 is 10.6 Å². The van der Waals surface area contributed by atoms with E-state index >= 15 is 0 Å². The summed E-state index contributed by atoms with van der Waals surface area (Å²) in [6.07, 6.45) is 1.96. The second kappa shape index (κ2) is 7.04. The lowest BCUT2D eigenvalue weighted by Crippen LogP contribution is -2.33. The number of rotatable bonds is 7. The van der Waals surface area contributed by atoms with Gasteiger partial charge in [0.15, 0.2) is 0 Å². The van der Waals surface area contributed by atoms with Crippen LogP contribution in [0, 0.1) is 10.1 Å². The Morgan fingerprint density at radius 3 is 2.62 bits per heavy atom. The molecule has 1 aromatic rings. The molecule has 1 rings (SSSR count). The number of carboxylic acids is 1. The molecule has 3 N–H and O–H groups in total. The lowest BCUT2D eigenvalue weighted by molar-refractivity contribution is -0.385. The van der Waals surface area contributed by atoms with Gasteiger partial charge in [-0.15, -0.1) is 0 Å². The summed E-state index contributed by atoms with van der Waals surface area (Å²) in [5.74, 6) is -1.74. The summed E-state index contributed by atoms with van der Waals surface area (Å²) in [5.41, 5.74) is 5.61. The molecule has 0 saturated carbocycles. The highest BCUT2D eigenvalue weighted by molar-refractivity contribution is 5.87. The van der Waals surface area contributed by atoms with Crippen LogP contribution in [0.3, 0.4) is 0 Å². The minimum atomic E-state index is -1.21. The van der Waals surface area contributed by atoms with Gasteiger partial charge in [-0.2, -0.15) is 0 Å². The van der Waals surface area contributed by atoms with Crippen LogP contribution in [0.15, 0.2) is 24.3 Å². The minimum absolute atomic E-state index is 0.0314. The summed E-state index contributed by atoms with van der Waals surface area (Å²) in [4.78, 5) is 33.5. The Bertz CT molecular complexity index is 597. The number of likely N-dealkylation sites (N-methyl/N-ethyl adjacent to an activating group) is 1. The number of nitrogens with zero attached hydrogens (tertiary/aromatic N) is 2. The first-order chi connectivity index (χ1) is 9.85. The van der Waals surface area contributed by atoms with Crippen molar-refractivity contribution in [1.82, 2.24) is 0 Å². The van der Waals surface area contributed by atoms with E-state index in [-0.39, 0.29) is 17.8 Å². The average Bonchev–Trinajstić information content (AvgIpc) is 2.41. The second-order valence-corrected chi connectivity index (χ2v) is 4.15. The van der Waals surface area contributed by atoms with Crippen LogP contribution in [-0.4, -0.2) is 35.0 Å². The molecule has 21 heavy (non-hydrogen) atoms. The fourth-order valence-electron chi connectivity index (χ4n) is 1.77. The molecule has 0 bridgehead atoms. The molecule has 1 amide bonds. The number of anilines is 1. The highest BCUT2D eigenvalue weighted by Gasteiger charge is 2.15. The maximum absolute atomic E-state index is 11.0. The van der Waals surface area contributed by atoms with E-state index in [0.29, 0.717) is 12.2 Å². The molecule has 0 heterocycles. The second-order valence-electron chi connectivity index (χ2n) is 4.15. The maximum atomic E-state index is 11.0. The molecule has 0 radical (unpaired) electrons. The largest absolute Gasteiger partial charge is 0.478 e. The number of nitro benzene ring substituents is 1. The highest BCUT2D eigenvalue weighted by Crippen LogP contribution is 2.26. The van der Waals surface area contributed by atoms with Gasteiger partial charge in [0.25, 0.3) is 5.69 Å². The van der Waals surface area contributed by atoms with Gasteiger partial charge in [0.05, 0.1) is 17.0 Å². The first kappa shape index (κ1) is 16.2. The molecule has 8 heteroatoms. The van der Waals surface area contributed by atoms with Gasteiger partial charge in [0.1, 0.15) is 0 Å². The zero-order valence-electron chi connectivity index (χ0n) is 11.4. The summed E-state index contributed by atoms with van der Waals surface area (Å²) < 4.78 is 0. The van der Waals surface area contributed by atoms with Crippen molar-refractivity contribution in [2.45, 2.75) is 6.92 Å². The lowest BCUT2D eigenvalue weighted by atomic mass is 10.1. The van der Waals surface area contributed by atoms with Gasteiger partial charge in [-0.25, -0.2) is 4.79 Å². The molecule has 0 saturated heterocycles. The molecule has 8 nitrogen and oxygen atoms in total. The van der Waals surface area contributed by atoms with E-state index in [0.717, 1.165) is 12.2 Å². The van der Waals surface area contributed by atoms with Gasteiger partial charge in [-0.3, -0.25) is 14.9 Å². The third-order valence-corrected chi connectivity index (χ3v) is 2.71. The van der Waals surface area contributed by atoms with Crippen LogP contribution in [0.2, 0.25) is 0 Å². The van der Waals surface area contributed by atoms with Crippen LogP contribution in [-0.2, 0) is 9.59 Å². The van der Waals surface area contributed by atoms with Crippen molar-refractivity contribution in [3.8, 4) is 0 Å². The molecule has 0 aromatic heterocycles. The van der Waals surface area contributed by atoms with E-state index in [1.165, 1.54) is 18.2 Å². The number of benzene rings is 1. The Hall–Kier alpha value is -2.90. The lowest BCUT2D eigenvalue weighted by Gasteiger charge is -2.21. The normalized spacial score (nSPS) is 10.5. The number of nitrogens with two attached hydrogens (primary N) is 1. The van der Waals surface area contributed by atoms with Crippen molar-refractivity contribution in [2.75, 3.05) is 18.0 Å². The Labute approximate surface area is 120 Å². The zero-order valence-corrected chi connectivity index (χ0v) is 11.4. The maximum Gasteiger partial charge on any atom is 0.328 e. The number of carbonyl (C=O) groups is 2. The van der Waals surface area contributed by atoms with Crippen LogP contribution in [0.25, 0.3) is 6.08 Å². The topological polar surface area (TPSA) is 127 Å². The van der Waals surface area contributed by atoms with Crippen molar-refractivity contribution in [3.05, 3.63) is 40.0 Å². The number of carbonyl (C=O) groups excluding carboxylic acids is 1. The molecule has 0 spiro atoms. The number of aliphatic carboxylic acids is 1. The van der Waals surface area contributed by atoms with Crippen LogP contribution >= 0.6 is 0 Å². The monoisotopic (exact) mass is 293 g/mol. The summed E-state index contributed by atoms with van der Waals surface area (Å²) >= 11 is 0. The smallest absolute Gasteiger partial charge is 0.328 e. The third kappa shape index (κ3) is 4.60. The van der Waals surface area contributed by atoms with Gasteiger partial charge in [-0.1, -0.05) is 0 Å². The molecule has 0 aliphatic rings. The molecule has 1 aromatic carbocycles. The fourth-order valence-corrected chi connectivity index (χ4v) is 1.77. The minimum Gasteiger partial charge on any atom is -0.478 e. The molecule has 0 unspecified atom stereocenters. The van der Waals surface area contributed by atoms with Gasteiger partial charge in [-0.05, 0) is 25.1 Å². The number of amides is 1. The SMILES string of the molecule is CCN(CC(N)=O)c1ccc([N+](=O)[O-])c(/C=C/C(=O)O)c1. The first-order valence-corrected chi connectivity index (χ1v) is 6.07.